The molecule has 2 heterocycles. The number of ether oxygens (including phenoxy) is 1. The zero-order valence-electron chi connectivity index (χ0n) is 16.4. The normalized spacial score (nSPS) is 14.7. The predicted molar refractivity (Wildman–Crippen MR) is 117 cm³/mol. The molecular formula is C22H24N4O2S. The molecule has 0 aliphatic carbocycles. The Balaban J connectivity index is 1.34. The van der Waals surface area contributed by atoms with E-state index in [9.17, 15) is 4.79 Å². The number of primary amides is 1. The van der Waals surface area contributed by atoms with Crippen molar-refractivity contribution in [3.8, 4) is 16.3 Å². The van der Waals surface area contributed by atoms with Gasteiger partial charge in [0, 0.05) is 54.9 Å². The highest BCUT2D eigenvalue weighted by Crippen LogP contribution is 2.27. The Hall–Kier alpha value is -2.90. The van der Waals surface area contributed by atoms with E-state index in [1.165, 1.54) is 0 Å². The first-order valence-corrected chi connectivity index (χ1v) is 10.5. The van der Waals surface area contributed by atoms with Gasteiger partial charge in [-0.25, -0.2) is 4.98 Å². The van der Waals surface area contributed by atoms with E-state index >= 15 is 0 Å². The Bertz CT molecular complexity index is 978. The van der Waals surface area contributed by atoms with Gasteiger partial charge in [-0.15, -0.1) is 11.3 Å². The van der Waals surface area contributed by atoms with Gasteiger partial charge in [-0.05, 0) is 36.4 Å². The van der Waals surface area contributed by atoms with Gasteiger partial charge >= 0.3 is 0 Å². The van der Waals surface area contributed by atoms with Gasteiger partial charge in [-0.1, -0.05) is 12.1 Å². The van der Waals surface area contributed by atoms with Gasteiger partial charge in [-0.3, -0.25) is 9.69 Å². The average Bonchev–Trinajstić information content (AvgIpc) is 3.23. The Morgan fingerprint density at radius 2 is 1.90 bits per heavy atom. The number of nitrogens with zero attached hydrogens (tertiary/aromatic N) is 3. The highest BCUT2D eigenvalue weighted by Gasteiger charge is 2.18. The maximum absolute atomic E-state index is 11.2. The highest BCUT2D eigenvalue weighted by atomic mass is 32.1. The summed E-state index contributed by atoms with van der Waals surface area (Å²) in [6, 6.07) is 15.5. The monoisotopic (exact) mass is 408 g/mol. The van der Waals surface area contributed by atoms with Crippen molar-refractivity contribution in [1.29, 1.82) is 0 Å². The van der Waals surface area contributed by atoms with Gasteiger partial charge < -0.3 is 15.4 Å². The summed E-state index contributed by atoms with van der Waals surface area (Å²) in [5.41, 5.74) is 9.18. The van der Waals surface area contributed by atoms with Gasteiger partial charge in [0.15, 0.2) is 0 Å². The molecule has 4 rings (SSSR count). The third-order valence-electron chi connectivity index (χ3n) is 5.14. The quantitative estimate of drug-likeness (QED) is 0.678. The average molecular weight is 409 g/mol. The van der Waals surface area contributed by atoms with Crippen molar-refractivity contribution in [3.05, 3.63) is 65.2 Å². The van der Waals surface area contributed by atoms with Crippen molar-refractivity contribution in [2.75, 3.05) is 38.2 Å². The van der Waals surface area contributed by atoms with E-state index in [1.54, 1.807) is 30.6 Å². The number of piperazine rings is 1. The molecule has 1 saturated heterocycles. The molecule has 0 unspecified atom stereocenters. The summed E-state index contributed by atoms with van der Waals surface area (Å²) in [6.45, 7) is 4.70. The standard InChI is InChI=1S/C22H24N4O2S/c1-28-20-4-2-3-17(13-20)22-24-18(15-29-22)14-25-9-11-26(12-10-25)19-7-5-16(6-8-19)21(23)27/h2-8,13,15H,9-12,14H2,1H3,(H2,23,27). The summed E-state index contributed by atoms with van der Waals surface area (Å²) < 4.78 is 5.31. The van der Waals surface area contributed by atoms with Crippen molar-refractivity contribution in [3.63, 3.8) is 0 Å². The molecule has 1 aromatic heterocycles. The summed E-state index contributed by atoms with van der Waals surface area (Å²) in [7, 11) is 1.68. The molecule has 7 heteroatoms. The van der Waals surface area contributed by atoms with Crippen LogP contribution in [0.2, 0.25) is 0 Å². The molecule has 0 bridgehead atoms. The maximum atomic E-state index is 11.2. The first kappa shape index (κ1) is 19.4. The number of anilines is 1. The minimum atomic E-state index is -0.391. The third kappa shape index (κ3) is 4.58. The summed E-state index contributed by atoms with van der Waals surface area (Å²) in [6.07, 6.45) is 0. The number of methoxy groups -OCH3 is 1. The number of carbonyl (C=O) groups is 1. The molecule has 0 saturated carbocycles. The second-order valence-electron chi connectivity index (χ2n) is 7.05. The van der Waals surface area contributed by atoms with Crippen LogP contribution in [0.5, 0.6) is 5.75 Å². The van der Waals surface area contributed by atoms with Crippen LogP contribution in [0.3, 0.4) is 0 Å². The molecule has 0 radical (unpaired) electrons. The second kappa shape index (κ2) is 8.63. The smallest absolute Gasteiger partial charge is 0.248 e. The second-order valence-corrected chi connectivity index (χ2v) is 7.91. The number of hydrogen-bond donors (Lipinski definition) is 1. The summed E-state index contributed by atoms with van der Waals surface area (Å²) >= 11 is 1.67. The molecular weight excluding hydrogens is 384 g/mol. The van der Waals surface area contributed by atoms with Crippen LogP contribution < -0.4 is 15.4 Å². The van der Waals surface area contributed by atoms with Crippen LogP contribution in [0.25, 0.3) is 10.6 Å². The minimum Gasteiger partial charge on any atom is -0.497 e. The third-order valence-corrected chi connectivity index (χ3v) is 6.08. The van der Waals surface area contributed by atoms with Crippen LogP contribution in [0.1, 0.15) is 16.1 Å². The molecule has 1 fully saturated rings. The van der Waals surface area contributed by atoms with Crippen LogP contribution in [0.15, 0.2) is 53.9 Å². The molecule has 2 aromatic carbocycles. The zero-order valence-corrected chi connectivity index (χ0v) is 17.2. The number of benzene rings is 2. The minimum absolute atomic E-state index is 0.391. The number of aromatic nitrogens is 1. The van der Waals surface area contributed by atoms with E-state index < -0.39 is 5.91 Å². The SMILES string of the molecule is COc1cccc(-c2nc(CN3CCN(c4ccc(C(N)=O)cc4)CC3)cs2)c1. The lowest BCUT2D eigenvalue weighted by atomic mass is 10.1. The molecule has 150 valence electrons. The molecule has 1 aliphatic heterocycles. The number of rotatable bonds is 6. The molecule has 29 heavy (non-hydrogen) atoms. The van der Waals surface area contributed by atoms with Gasteiger partial charge in [-0.2, -0.15) is 0 Å². The highest BCUT2D eigenvalue weighted by molar-refractivity contribution is 7.13. The topological polar surface area (TPSA) is 71.7 Å². The Kier molecular flexibility index (Phi) is 5.78. The van der Waals surface area contributed by atoms with Crippen molar-refractivity contribution in [2.24, 2.45) is 5.73 Å². The summed E-state index contributed by atoms with van der Waals surface area (Å²) in [5.74, 6) is 0.456. The maximum Gasteiger partial charge on any atom is 0.248 e. The molecule has 3 aromatic rings. The van der Waals surface area contributed by atoms with Crippen molar-refractivity contribution in [2.45, 2.75) is 6.54 Å². The fourth-order valence-corrected chi connectivity index (χ4v) is 4.31. The van der Waals surface area contributed by atoms with Crippen molar-refractivity contribution >= 4 is 22.9 Å². The molecule has 1 aliphatic rings. The fraction of sp³-hybridized carbons (Fsp3) is 0.273. The molecule has 2 N–H and O–H groups in total. The Labute approximate surface area is 174 Å². The molecule has 0 atom stereocenters. The number of amides is 1. The van der Waals surface area contributed by atoms with Crippen molar-refractivity contribution in [1.82, 2.24) is 9.88 Å². The van der Waals surface area contributed by atoms with Crippen LogP contribution in [-0.4, -0.2) is 49.1 Å². The first-order valence-electron chi connectivity index (χ1n) is 9.58. The van der Waals surface area contributed by atoms with Gasteiger partial charge in [0.2, 0.25) is 5.91 Å². The zero-order chi connectivity index (χ0) is 20.2. The summed E-state index contributed by atoms with van der Waals surface area (Å²) in [4.78, 5) is 20.8. The number of hydrogen-bond acceptors (Lipinski definition) is 6. The summed E-state index contributed by atoms with van der Waals surface area (Å²) in [5, 5.41) is 3.16. The fourth-order valence-electron chi connectivity index (χ4n) is 3.50. The van der Waals surface area contributed by atoms with Gasteiger partial charge in [0.25, 0.3) is 0 Å². The van der Waals surface area contributed by atoms with Crippen molar-refractivity contribution < 1.29 is 9.53 Å². The number of thiazole rings is 1. The first-order chi connectivity index (χ1) is 14.1. The predicted octanol–water partition coefficient (Wildman–Crippen LogP) is 3.24. The van der Waals surface area contributed by atoms with E-state index in [-0.39, 0.29) is 0 Å². The van der Waals surface area contributed by atoms with Crippen LogP contribution in [-0.2, 0) is 6.54 Å². The largest absolute Gasteiger partial charge is 0.497 e. The van der Waals surface area contributed by atoms with E-state index in [0.717, 1.165) is 60.4 Å². The van der Waals surface area contributed by atoms with Gasteiger partial charge in [0.05, 0.1) is 12.8 Å². The van der Waals surface area contributed by atoms with Crippen LogP contribution >= 0.6 is 11.3 Å². The van der Waals surface area contributed by atoms with Crippen LogP contribution in [0.4, 0.5) is 5.69 Å². The molecule has 1 amide bonds. The van der Waals surface area contributed by atoms with E-state index in [4.69, 9.17) is 15.5 Å². The lowest BCUT2D eigenvalue weighted by Crippen LogP contribution is -2.46. The van der Waals surface area contributed by atoms with Crippen LogP contribution in [0, 0.1) is 0 Å². The van der Waals surface area contributed by atoms with Gasteiger partial charge in [0.1, 0.15) is 10.8 Å². The molecule has 6 nitrogen and oxygen atoms in total. The Morgan fingerprint density at radius 1 is 1.14 bits per heavy atom. The number of nitrogens with two attached hydrogens (primary N) is 1. The van der Waals surface area contributed by atoms with E-state index in [1.807, 2.05) is 30.3 Å². The molecule has 0 spiro atoms. The number of carbonyl (C=O) groups excluding carboxylic acids is 1. The van der Waals surface area contributed by atoms with E-state index in [2.05, 4.69) is 21.2 Å². The Morgan fingerprint density at radius 3 is 2.59 bits per heavy atom. The van der Waals surface area contributed by atoms with E-state index in [0.29, 0.717) is 5.56 Å². The lowest BCUT2D eigenvalue weighted by Gasteiger charge is -2.35. The lowest BCUT2D eigenvalue weighted by molar-refractivity contribution is 0.100.